The first-order valence-corrected chi connectivity index (χ1v) is 15.2. The molecule has 1 aromatic carbocycles. The maximum Gasteiger partial charge on any atom is 0.421 e. The van der Waals surface area contributed by atoms with Gasteiger partial charge in [0.05, 0.1) is 43.6 Å². The summed E-state index contributed by atoms with van der Waals surface area (Å²) in [5.74, 6) is 1.98. The first-order valence-electron chi connectivity index (χ1n) is 12.2. The molecule has 14 heteroatoms. The number of rotatable bonds is 9. The van der Waals surface area contributed by atoms with E-state index in [9.17, 15) is 13.2 Å². The second-order valence-corrected chi connectivity index (χ2v) is 14.5. The number of benzene rings is 1. The van der Waals surface area contributed by atoms with E-state index in [1.165, 1.54) is 0 Å². The summed E-state index contributed by atoms with van der Waals surface area (Å²) in [5.41, 5.74) is 0.486. The normalized spacial score (nSPS) is 15.5. The van der Waals surface area contributed by atoms with Crippen molar-refractivity contribution in [2.24, 2.45) is 0 Å². The molecule has 10 nitrogen and oxygen atoms in total. The van der Waals surface area contributed by atoms with Gasteiger partial charge in [0.25, 0.3) is 0 Å². The second-order valence-electron chi connectivity index (χ2n) is 9.87. The van der Waals surface area contributed by atoms with Crippen LogP contribution in [0.3, 0.4) is 0 Å². The molecule has 0 unspecified atom stereocenters. The van der Waals surface area contributed by atoms with Crippen LogP contribution in [0.2, 0.25) is 0 Å². The van der Waals surface area contributed by atoms with Gasteiger partial charge in [-0.3, -0.25) is 0 Å². The van der Waals surface area contributed by atoms with Crippen LogP contribution in [0.15, 0.2) is 30.5 Å². The van der Waals surface area contributed by atoms with Crippen LogP contribution >= 0.6 is 10.0 Å². The molecule has 0 bridgehead atoms. The van der Waals surface area contributed by atoms with E-state index in [-0.39, 0.29) is 24.1 Å². The first kappa shape index (κ1) is 26.5. The summed E-state index contributed by atoms with van der Waals surface area (Å²) in [4.78, 5) is 15.3. The highest BCUT2D eigenvalue weighted by Crippen LogP contribution is 2.34. The van der Waals surface area contributed by atoms with Crippen molar-refractivity contribution in [3.8, 4) is 0 Å². The van der Waals surface area contributed by atoms with Gasteiger partial charge in [0.15, 0.2) is 5.65 Å². The summed E-state index contributed by atoms with van der Waals surface area (Å²) in [7, 11) is -0.685. The third kappa shape index (κ3) is 5.81. The van der Waals surface area contributed by atoms with Gasteiger partial charge in [-0.1, -0.05) is 12.1 Å². The number of fused-ring (bicyclic) bond motifs is 2. The summed E-state index contributed by atoms with van der Waals surface area (Å²) in [5, 5.41) is 7.10. The summed E-state index contributed by atoms with van der Waals surface area (Å²) in [6, 6.07) is 7.72. The maximum absolute atomic E-state index is 13.7. The van der Waals surface area contributed by atoms with Crippen LogP contribution in [0.25, 0.3) is 16.7 Å². The average molecular weight is 553 g/mol. The third-order valence-corrected chi connectivity index (χ3v) is 7.55. The molecule has 1 fully saturated rings. The summed E-state index contributed by atoms with van der Waals surface area (Å²) in [6.07, 6.45) is 2.90. The Kier molecular flexibility index (Phi) is 7.38. The lowest BCUT2D eigenvalue weighted by Gasteiger charge is -2.27. The number of ether oxygens (including phenoxy) is 2. The molecule has 1 saturated heterocycles. The SMILES string of the molecule is CS(C)(C)CCOCn1c(CNc2nc(N3CCOCC3)nc3c(C(F)(F)F)cnn23)nc2ccccc21. The Balaban J connectivity index is 1.45. The number of hydrogen-bond donors (Lipinski definition) is 1. The van der Waals surface area contributed by atoms with Crippen molar-refractivity contribution in [2.75, 3.05) is 67.6 Å². The zero-order valence-corrected chi connectivity index (χ0v) is 22.3. The Morgan fingerprint density at radius 2 is 1.84 bits per heavy atom. The van der Waals surface area contributed by atoms with E-state index in [4.69, 9.17) is 14.5 Å². The predicted octanol–water partition coefficient (Wildman–Crippen LogP) is 3.61. The Morgan fingerprint density at radius 1 is 1.08 bits per heavy atom. The molecule has 0 saturated carbocycles. The van der Waals surface area contributed by atoms with Gasteiger partial charge in [-0.05, 0) is 30.9 Å². The second kappa shape index (κ2) is 10.6. The Bertz CT molecular complexity index is 1410. The van der Waals surface area contributed by atoms with Gasteiger partial charge in [0.2, 0.25) is 11.9 Å². The third-order valence-electron chi connectivity index (χ3n) is 6.15. The molecule has 0 radical (unpaired) electrons. The summed E-state index contributed by atoms with van der Waals surface area (Å²) >= 11 is 0. The fraction of sp³-hybridized carbons (Fsp3) is 0.500. The van der Waals surface area contributed by atoms with Gasteiger partial charge < -0.3 is 24.3 Å². The Morgan fingerprint density at radius 3 is 2.58 bits per heavy atom. The molecular weight excluding hydrogens is 521 g/mol. The Hall–Kier alpha value is -3.10. The number of nitrogens with one attached hydrogen (secondary N) is 1. The number of alkyl halides is 3. The quantitative estimate of drug-likeness (QED) is 0.315. The predicted molar refractivity (Wildman–Crippen MR) is 142 cm³/mol. The van der Waals surface area contributed by atoms with Gasteiger partial charge in [-0.15, -0.1) is 0 Å². The van der Waals surface area contributed by atoms with Gasteiger partial charge in [-0.25, -0.2) is 15.0 Å². The molecule has 1 aliphatic heterocycles. The largest absolute Gasteiger partial charge is 0.421 e. The molecular formula is C24H31F3N8O2S. The van der Waals surface area contributed by atoms with Crippen LogP contribution in [0, 0.1) is 0 Å². The minimum absolute atomic E-state index is 0.142. The van der Waals surface area contributed by atoms with Gasteiger partial charge >= 0.3 is 6.18 Å². The molecule has 4 heterocycles. The molecule has 0 spiro atoms. The van der Waals surface area contributed by atoms with E-state index in [1.54, 1.807) is 0 Å². The van der Waals surface area contributed by atoms with Crippen molar-refractivity contribution in [1.82, 2.24) is 29.1 Å². The molecule has 1 aliphatic rings. The number of morpholine rings is 1. The fourth-order valence-corrected chi connectivity index (χ4v) is 4.73. The molecule has 4 aromatic rings. The van der Waals surface area contributed by atoms with Crippen molar-refractivity contribution >= 4 is 38.6 Å². The number of para-hydroxylation sites is 2. The molecule has 38 heavy (non-hydrogen) atoms. The number of halogens is 3. The lowest BCUT2D eigenvalue weighted by Crippen LogP contribution is -2.37. The smallest absolute Gasteiger partial charge is 0.378 e. The van der Waals surface area contributed by atoms with Crippen molar-refractivity contribution in [1.29, 1.82) is 0 Å². The molecule has 5 rings (SSSR count). The van der Waals surface area contributed by atoms with Gasteiger partial charge in [0, 0.05) is 18.8 Å². The van der Waals surface area contributed by atoms with Crippen molar-refractivity contribution in [3.05, 3.63) is 41.9 Å². The van der Waals surface area contributed by atoms with E-state index in [0.717, 1.165) is 27.5 Å². The number of hydrogen-bond acceptors (Lipinski definition) is 8. The summed E-state index contributed by atoms with van der Waals surface area (Å²) in [6.45, 7) is 2.99. The van der Waals surface area contributed by atoms with E-state index < -0.39 is 21.8 Å². The lowest BCUT2D eigenvalue weighted by molar-refractivity contribution is -0.136. The van der Waals surface area contributed by atoms with Crippen LogP contribution < -0.4 is 10.2 Å². The summed E-state index contributed by atoms with van der Waals surface area (Å²) < 4.78 is 55.5. The highest BCUT2D eigenvalue weighted by atomic mass is 32.3. The molecule has 1 N–H and O–H groups in total. The zero-order chi connectivity index (χ0) is 26.9. The van der Waals surface area contributed by atoms with Gasteiger partial charge in [0.1, 0.15) is 18.1 Å². The zero-order valence-electron chi connectivity index (χ0n) is 21.5. The van der Waals surface area contributed by atoms with E-state index in [1.807, 2.05) is 33.7 Å². The number of nitrogens with zero attached hydrogens (tertiary/aromatic N) is 7. The van der Waals surface area contributed by atoms with Crippen LogP contribution in [0.1, 0.15) is 11.4 Å². The number of aromatic nitrogens is 6. The van der Waals surface area contributed by atoms with Crippen LogP contribution in [0.5, 0.6) is 0 Å². The first-order chi connectivity index (χ1) is 18.1. The number of imidazole rings is 1. The minimum atomic E-state index is -4.60. The standard InChI is InChI=1S/C24H31F3N8O2S/c1-38(2,3)13-12-37-16-34-19-7-5-4-6-18(19)30-20(34)15-28-22-32-23(33-8-10-36-11-9-33)31-21-17(24(25,26)27)14-29-35(21)22/h4-7,14H,8-13,15-16H2,1-3H3,(H,28,31,32). The average Bonchev–Trinajstić information content (AvgIpc) is 3.47. The minimum Gasteiger partial charge on any atom is -0.378 e. The van der Waals surface area contributed by atoms with Crippen LogP contribution in [-0.4, -0.2) is 86.6 Å². The lowest BCUT2D eigenvalue weighted by atomic mass is 10.3. The topological polar surface area (TPSA) is 94.6 Å². The van der Waals surface area contributed by atoms with Crippen LogP contribution in [-0.2, 0) is 28.9 Å². The van der Waals surface area contributed by atoms with E-state index in [2.05, 4.69) is 39.2 Å². The molecule has 0 aliphatic carbocycles. The fourth-order valence-electron chi connectivity index (χ4n) is 4.11. The molecule has 206 valence electrons. The molecule has 0 atom stereocenters. The molecule has 0 amide bonds. The Labute approximate surface area is 219 Å². The highest BCUT2D eigenvalue weighted by molar-refractivity contribution is 8.32. The van der Waals surface area contributed by atoms with E-state index >= 15 is 0 Å². The van der Waals surface area contributed by atoms with Crippen molar-refractivity contribution in [3.63, 3.8) is 0 Å². The highest BCUT2D eigenvalue weighted by Gasteiger charge is 2.36. The number of anilines is 2. The van der Waals surface area contributed by atoms with Crippen molar-refractivity contribution < 1.29 is 22.6 Å². The maximum atomic E-state index is 13.7. The van der Waals surface area contributed by atoms with Crippen LogP contribution in [0.4, 0.5) is 25.1 Å². The van der Waals surface area contributed by atoms with Crippen molar-refractivity contribution in [2.45, 2.75) is 19.5 Å². The molecule has 3 aromatic heterocycles. The van der Waals surface area contributed by atoms with Gasteiger partial charge in [-0.2, -0.15) is 32.8 Å². The monoisotopic (exact) mass is 552 g/mol. The van der Waals surface area contributed by atoms with E-state index in [0.29, 0.717) is 45.5 Å².